The van der Waals surface area contributed by atoms with Gasteiger partial charge in [-0.15, -0.1) is 0 Å². The van der Waals surface area contributed by atoms with Crippen molar-refractivity contribution < 1.29 is 38.1 Å². The summed E-state index contributed by atoms with van der Waals surface area (Å²) in [4.78, 5) is 40.7. The maximum Gasteiger partial charge on any atom is 0.363 e. The fourth-order valence-corrected chi connectivity index (χ4v) is 3.30. The number of hydrogen-bond donors (Lipinski definition) is 0. The number of esters is 3. The van der Waals surface area contributed by atoms with E-state index in [1.54, 1.807) is 54.6 Å². The summed E-state index contributed by atoms with van der Waals surface area (Å²) in [6.07, 6.45) is 1.47. The van der Waals surface area contributed by atoms with E-state index in [0.717, 1.165) is 0 Å². The van der Waals surface area contributed by atoms with Crippen molar-refractivity contribution in [2.75, 3.05) is 14.2 Å². The van der Waals surface area contributed by atoms with Gasteiger partial charge in [0.15, 0.2) is 17.2 Å². The van der Waals surface area contributed by atoms with E-state index >= 15 is 0 Å². The van der Waals surface area contributed by atoms with Gasteiger partial charge in [0.2, 0.25) is 5.90 Å². The summed E-state index contributed by atoms with van der Waals surface area (Å²) in [6.45, 7) is 1.28. The molecule has 9 nitrogen and oxygen atoms in total. The monoisotopic (exact) mass is 487 g/mol. The van der Waals surface area contributed by atoms with E-state index in [-0.39, 0.29) is 28.8 Å². The van der Waals surface area contributed by atoms with Crippen LogP contribution >= 0.6 is 0 Å². The van der Waals surface area contributed by atoms with Gasteiger partial charge in [0, 0.05) is 18.1 Å². The maximum atomic E-state index is 12.6. The molecule has 3 aromatic rings. The van der Waals surface area contributed by atoms with Crippen LogP contribution in [-0.2, 0) is 14.3 Å². The van der Waals surface area contributed by atoms with Crippen molar-refractivity contribution in [1.82, 2.24) is 0 Å². The van der Waals surface area contributed by atoms with Crippen molar-refractivity contribution in [1.29, 1.82) is 0 Å². The molecule has 0 N–H and O–H groups in total. The molecule has 0 aliphatic carbocycles. The molecule has 1 aliphatic rings. The fraction of sp³-hybridized carbons (Fsp3) is 0.111. The Morgan fingerprint density at radius 3 is 2.31 bits per heavy atom. The van der Waals surface area contributed by atoms with Gasteiger partial charge in [0.1, 0.15) is 11.5 Å². The van der Waals surface area contributed by atoms with Crippen LogP contribution in [-0.4, -0.2) is 38.0 Å². The van der Waals surface area contributed by atoms with Crippen LogP contribution in [0.4, 0.5) is 0 Å². The second kappa shape index (κ2) is 10.6. The zero-order valence-electron chi connectivity index (χ0n) is 19.6. The highest BCUT2D eigenvalue weighted by Gasteiger charge is 2.26. The normalized spacial score (nSPS) is 13.6. The average Bonchev–Trinajstić information content (AvgIpc) is 3.25. The quantitative estimate of drug-likeness (QED) is 0.277. The third-order valence-electron chi connectivity index (χ3n) is 5.02. The molecule has 0 spiro atoms. The zero-order chi connectivity index (χ0) is 25.7. The lowest BCUT2D eigenvalue weighted by atomic mass is 10.1. The highest BCUT2D eigenvalue weighted by Crippen LogP contribution is 2.31. The van der Waals surface area contributed by atoms with Crippen molar-refractivity contribution in [2.45, 2.75) is 6.92 Å². The van der Waals surface area contributed by atoms with Gasteiger partial charge in [-0.3, -0.25) is 4.79 Å². The predicted octanol–water partition coefficient (Wildman–Crippen LogP) is 4.19. The molecule has 0 atom stereocenters. The van der Waals surface area contributed by atoms with Crippen LogP contribution in [0.3, 0.4) is 0 Å². The van der Waals surface area contributed by atoms with Gasteiger partial charge < -0.3 is 23.7 Å². The number of hydrogen-bond acceptors (Lipinski definition) is 9. The largest absolute Gasteiger partial charge is 0.497 e. The van der Waals surface area contributed by atoms with Gasteiger partial charge >= 0.3 is 17.9 Å². The summed E-state index contributed by atoms with van der Waals surface area (Å²) in [5.74, 6) is -0.338. The predicted molar refractivity (Wildman–Crippen MR) is 129 cm³/mol. The van der Waals surface area contributed by atoms with Crippen LogP contribution in [0.5, 0.6) is 23.0 Å². The minimum atomic E-state index is -0.677. The number of methoxy groups -OCH3 is 2. The van der Waals surface area contributed by atoms with Crippen LogP contribution < -0.4 is 18.9 Å². The Labute approximate surface area is 206 Å². The SMILES string of the molecule is COc1ccc(C(=O)Oc2ccccc2/C=C2\N=C(c3ccc(OC(C)=O)c(OC)c3)OC2=O)cc1. The lowest BCUT2D eigenvalue weighted by Crippen LogP contribution is -2.09. The molecule has 0 bridgehead atoms. The molecule has 1 aliphatic heterocycles. The molecule has 1 heterocycles. The number of carbonyl (C=O) groups excluding carboxylic acids is 3. The first-order valence-electron chi connectivity index (χ1n) is 10.7. The molecule has 0 fully saturated rings. The lowest BCUT2D eigenvalue weighted by molar-refractivity contribution is -0.132. The topological polar surface area (TPSA) is 110 Å². The smallest absolute Gasteiger partial charge is 0.363 e. The van der Waals surface area contributed by atoms with Gasteiger partial charge in [0.25, 0.3) is 0 Å². The van der Waals surface area contributed by atoms with Gasteiger partial charge in [-0.1, -0.05) is 18.2 Å². The van der Waals surface area contributed by atoms with Crippen LogP contribution in [0.25, 0.3) is 6.08 Å². The number of rotatable bonds is 7. The summed E-state index contributed by atoms with van der Waals surface area (Å²) >= 11 is 0. The summed E-state index contributed by atoms with van der Waals surface area (Å²) in [6, 6.07) is 17.9. The molecule has 0 radical (unpaired) electrons. The lowest BCUT2D eigenvalue weighted by Gasteiger charge is -2.09. The molecule has 4 rings (SSSR count). The van der Waals surface area contributed by atoms with Crippen LogP contribution in [0.1, 0.15) is 28.4 Å². The van der Waals surface area contributed by atoms with E-state index in [1.807, 2.05) is 0 Å². The molecule has 182 valence electrons. The van der Waals surface area contributed by atoms with Crippen molar-refractivity contribution in [2.24, 2.45) is 4.99 Å². The number of benzene rings is 3. The van der Waals surface area contributed by atoms with Crippen LogP contribution in [0, 0.1) is 0 Å². The molecule has 0 saturated carbocycles. The molecule has 0 aromatic heterocycles. The summed E-state index contributed by atoms with van der Waals surface area (Å²) in [7, 11) is 2.96. The molecule has 3 aromatic carbocycles. The van der Waals surface area contributed by atoms with Gasteiger partial charge in [-0.2, -0.15) is 0 Å². The highest BCUT2D eigenvalue weighted by atomic mass is 16.6. The maximum absolute atomic E-state index is 12.6. The first-order chi connectivity index (χ1) is 17.4. The zero-order valence-corrected chi connectivity index (χ0v) is 19.6. The number of carbonyl (C=O) groups is 3. The number of nitrogens with zero attached hydrogens (tertiary/aromatic N) is 1. The molecule has 9 heteroatoms. The van der Waals surface area contributed by atoms with E-state index in [4.69, 9.17) is 23.7 Å². The second-order valence-corrected chi connectivity index (χ2v) is 7.45. The fourth-order valence-electron chi connectivity index (χ4n) is 3.30. The van der Waals surface area contributed by atoms with Gasteiger partial charge in [-0.05, 0) is 54.6 Å². The van der Waals surface area contributed by atoms with E-state index < -0.39 is 17.9 Å². The molecule has 0 saturated heterocycles. The molecular formula is C27H21NO8. The third kappa shape index (κ3) is 5.41. The molecule has 0 amide bonds. The highest BCUT2D eigenvalue weighted by molar-refractivity contribution is 6.13. The summed E-state index contributed by atoms with van der Waals surface area (Å²) in [5.41, 5.74) is 1.25. The first kappa shape index (κ1) is 24.2. The van der Waals surface area contributed by atoms with Crippen molar-refractivity contribution >= 4 is 29.9 Å². The number of cyclic esters (lactones) is 1. The minimum Gasteiger partial charge on any atom is -0.497 e. The van der Waals surface area contributed by atoms with Crippen LogP contribution in [0.2, 0.25) is 0 Å². The van der Waals surface area contributed by atoms with Crippen molar-refractivity contribution in [3.63, 3.8) is 0 Å². The number of para-hydroxylation sites is 1. The summed E-state index contributed by atoms with van der Waals surface area (Å²) in [5, 5.41) is 0. The third-order valence-corrected chi connectivity index (χ3v) is 5.02. The number of ether oxygens (including phenoxy) is 5. The Morgan fingerprint density at radius 1 is 0.861 bits per heavy atom. The first-order valence-corrected chi connectivity index (χ1v) is 10.7. The van der Waals surface area contributed by atoms with Gasteiger partial charge in [0.05, 0.1) is 19.8 Å². The van der Waals surface area contributed by atoms with E-state index in [1.165, 1.54) is 39.4 Å². The Bertz CT molecular complexity index is 1390. The summed E-state index contributed by atoms with van der Waals surface area (Å²) < 4.78 is 26.3. The van der Waals surface area contributed by atoms with E-state index in [0.29, 0.717) is 22.4 Å². The Morgan fingerprint density at radius 2 is 1.61 bits per heavy atom. The number of aliphatic imine (C=N–C) groups is 1. The van der Waals surface area contributed by atoms with E-state index in [2.05, 4.69) is 4.99 Å². The Balaban J connectivity index is 1.59. The Kier molecular flexibility index (Phi) is 7.10. The minimum absolute atomic E-state index is 0.0148. The second-order valence-electron chi connectivity index (χ2n) is 7.45. The Hall–Kier alpha value is -4.92. The average molecular weight is 487 g/mol. The molecule has 36 heavy (non-hydrogen) atoms. The molecular weight excluding hydrogens is 466 g/mol. The van der Waals surface area contributed by atoms with Gasteiger partial charge in [-0.25, -0.2) is 14.6 Å². The molecule has 0 unspecified atom stereocenters. The standard InChI is InChI=1S/C27H21NO8/c1-16(29)34-23-13-10-19(15-24(23)33-3)25-28-21(27(31)36-25)14-18-6-4-5-7-22(18)35-26(30)17-8-11-20(32-2)12-9-17/h4-15H,1-3H3/b21-14-. The van der Waals surface area contributed by atoms with Crippen LogP contribution in [0.15, 0.2) is 77.4 Å². The van der Waals surface area contributed by atoms with E-state index in [9.17, 15) is 14.4 Å². The van der Waals surface area contributed by atoms with Crippen molar-refractivity contribution in [3.05, 3.63) is 89.1 Å². The van der Waals surface area contributed by atoms with Crippen molar-refractivity contribution in [3.8, 4) is 23.0 Å².